The molecule has 1 atom stereocenters. The third-order valence-electron chi connectivity index (χ3n) is 4.68. The van der Waals surface area contributed by atoms with Crippen molar-refractivity contribution in [2.45, 2.75) is 12.5 Å². The summed E-state index contributed by atoms with van der Waals surface area (Å²) >= 11 is 0. The minimum atomic E-state index is 0.146. The molecule has 6 nitrogen and oxygen atoms in total. The van der Waals surface area contributed by atoms with Gasteiger partial charge in [-0.1, -0.05) is 36.4 Å². The molecule has 0 bridgehead atoms. The number of hydrogen-bond acceptors (Lipinski definition) is 4. The second-order valence-corrected chi connectivity index (χ2v) is 6.06. The van der Waals surface area contributed by atoms with E-state index in [0.717, 1.165) is 18.5 Å². The first kappa shape index (κ1) is 13.4. The van der Waals surface area contributed by atoms with Crippen LogP contribution in [0.2, 0.25) is 0 Å². The van der Waals surface area contributed by atoms with Crippen LogP contribution in [0.15, 0.2) is 48.5 Å². The second-order valence-electron chi connectivity index (χ2n) is 6.06. The molecule has 0 aliphatic carbocycles. The van der Waals surface area contributed by atoms with E-state index in [1.54, 1.807) is 0 Å². The van der Waals surface area contributed by atoms with Gasteiger partial charge in [0.25, 0.3) is 0 Å². The van der Waals surface area contributed by atoms with Crippen molar-refractivity contribution in [1.29, 1.82) is 0 Å². The van der Waals surface area contributed by atoms with Crippen molar-refractivity contribution in [2.75, 3.05) is 6.54 Å². The number of hydrogen-bond donors (Lipinski definition) is 3. The van der Waals surface area contributed by atoms with E-state index < -0.39 is 0 Å². The van der Waals surface area contributed by atoms with Crippen molar-refractivity contribution >= 4 is 10.9 Å². The number of aromatic amines is 2. The summed E-state index contributed by atoms with van der Waals surface area (Å²) in [5, 5.41) is 19.3. The highest BCUT2D eigenvalue weighted by molar-refractivity contribution is 5.85. The van der Waals surface area contributed by atoms with E-state index in [1.807, 2.05) is 12.1 Å². The fraction of sp³-hybridized carbons (Fsp3) is 0.167. The van der Waals surface area contributed by atoms with Crippen LogP contribution in [0, 0.1) is 0 Å². The number of nitrogens with zero attached hydrogens (tertiary/aromatic N) is 3. The van der Waals surface area contributed by atoms with Crippen molar-refractivity contribution < 1.29 is 0 Å². The van der Waals surface area contributed by atoms with Crippen LogP contribution in [0.25, 0.3) is 22.3 Å². The lowest BCUT2D eigenvalue weighted by atomic mass is 9.93. The fourth-order valence-corrected chi connectivity index (χ4v) is 3.61. The molecule has 3 N–H and O–H groups in total. The smallest absolute Gasteiger partial charge is 0.204 e. The highest BCUT2D eigenvalue weighted by Gasteiger charge is 2.25. The number of aromatic nitrogens is 5. The zero-order chi connectivity index (χ0) is 15.9. The molecule has 6 heteroatoms. The van der Waals surface area contributed by atoms with Gasteiger partial charge in [-0.2, -0.15) is 5.21 Å². The van der Waals surface area contributed by atoms with E-state index in [4.69, 9.17) is 0 Å². The van der Waals surface area contributed by atoms with Crippen LogP contribution in [-0.2, 0) is 6.42 Å². The van der Waals surface area contributed by atoms with Gasteiger partial charge in [-0.25, -0.2) is 0 Å². The lowest BCUT2D eigenvalue weighted by Crippen LogP contribution is -2.30. The van der Waals surface area contributed by atoms with E-state index >= 15 is 0 Å². The van der Waals surface area contributed by atoms with Gasteiger partial charge in [0.05, 0.1) is 6.04 Å². The average Bonchev–Trinajstić information content (AvgIpc) is 3.29. The molecule has 1 aliphatic heterocycles. The maximum Gasteiger partial charge on any atom is 0.204 e. The number of para-hydroxylation sites is 1. The van der Waals surface area contributed by atoms with Gasteiger partial charge in [-0.15, -0.1) is 10.2 Å². The van der Waals surface area contributed by atoms with E-state index in [9.17, 15) is 0 Å². The largest absolute Gasteiger partial charge is 0.357 e. The summed E-state index contributed by atoms with van der Waals surface area (Å²) in [5.74, 6) is 0.615. The summed E-state index contributed by atoms with van der Waals surface area (Å²) in [7, 11) is 0. The highest BCUT2D eigenvalue weighted by atomic mass is 15.5. The predicted octanol–water partition coefficient (Wildman–Crippen LogP) is 2.58. The van der Waals surface area contributed by atoms with Crippen molar-refractivity contribution in [2.24, 2.45) is 0 Å². The zero-order valence-corrected chi connectivity index (χ0v) is 13.0. The third kappa shape index (κ3) is 2.04. The Labute approximate surface area is 138 Å². The molecule has 24 heavy (non-hydrogen) atoms. The van der Waals surface area contributed by atoms with Crippen molar-refractivity contribution in [3.8, 4) is 11.4 Å². The standard InChI is InChI=1S/C18H16N6/c1-2-7-15-13(6-1)14-8-9-19-16(17(14)20-15)11-4-3-5-12(10-11)18-21-23-24-22-18/h1-7,10,16,19-20H,8-9H2,(H,21,22,23,24). The van der Waals surface area contributed by atoms with Gasteiger partial charge >= 0.3 is 0 Å². The Bertz CT molecular complexity index is 1000. The molecule has 0 radical (unpaired) electrons. The van der Waals surface area contributed by atoms with Gasteiger partial charge in [-0.05, 0) is 34.9 Å². The third-order valence-corrected chi connectivity index (χ3v) is 4.68. The van der Waals surface area contributed by atoms with Crippen molar-refractivity contribution in [3.05, 3.63) is 65.4 Å². The van der Waals surface area contributed by atoms with Crippen LogP contribution < -0.4 is 5.32 Å². The SMILES string of the molecule is c1cc(-c2nn[nH]n2)cc(C2NCCc3c2[nH]c2ccccc32)c1. The van der Waals surface area contributed by atoms with Crippen molar-refractivity contribution in [3.63, 3.8) is 0 Å². The summed E-state index contributed by atoms with van der Waals surface area (Å²) in [4.78, 5) is 3.61. The number of H-pyrrole nitrogens is 2. The Morgan fingerprint density at radius 1 is 1.04 bits per heavy atom. The molecule has 2 aromatic heterocycles. The predicted molar refractivity (Wildman–Crippen MR) is 91.5 cm³/mol. The van der Waals surface area contributed by atoms with Crippen LogP contribution in [0.5, 0.6) is 0 Å². The molecule has 5 rings (SSSR count). The number of fused-ring (bicyclic) bond motifs is 3. The van der Waals surface area contributed by atoms with Gasteiger partial charge < -0.3 is 10.3 Å². The zero-order valence-electron chi connectivity index (χ0n) is 13.0. The average molecular weight is 316 g/mol. The summed E-state index contributed by atoms with van der Waals surface area (Å²) < 4.78 is 0. The highest BCUT2D eigenvalue weighted by Crippen LogP contribution is 2.34. The summed E-state index contributed by atoms with van der Waals surface area (Å²) in [6, 6.07) is 17.0. The molecule has 0 fully saturated rings. The molecule has 3 heterocycles. The summed E-state index contributed by atoms with van der Waals surface area (Å²) in [6.07, 6.45) is 1.04. The van der Waals surface area contributed by atoms with Crippen LogP contribution >= 0.6 is 0 Å². The van der Waals surface area contributed by atoms with Crippen LogP contribution in [0.1, 0.15) is 22.9 Å². The maximum atomic E-state index is 4.08. The Balaban J connectivity index is 1.63. The van der Waals surface area contributed by atoms with E-state index in [-0.39, 0.29) is 6.04 Å². The van der Waals surface area contributed by atoms with Gasteiger partial charge in [0.1, 0.15) is 0 Å². The monoisotopic (exact) mass is 316 g/mol. The molecule has 1 unspecified atom stereocenters. The number of nitrogens with one attached hydrogen (secondary N) is 3. The molecule has 1 aliphatic rings. The molecule has 0 saturated heterocycles. The Morgan fingerprint density at radius 2 is 2.00 bits per heavy atom. The van der Waals surface area contributed by atoms with Gasteiger partial charge in [0.2, 0.25) is 5.82 Å². The Hall–Kier alpha value is -2.99. The molecular formula is C18H16N6. The molecule has 118 valence electrons. The van der Waals surface area contributed by atoms with Gasteiger partial charge in [0, 0.05) is 28.7 Å². The number of rotatable bonds is 2. The molecule has 0 amide bonds. The molecule has 2 aromatic carbocycles. The minimum Gasteiger partial charge on any atom is -0.357 e. The first-order valence-corrected chi connectivity index (χ1v) is 8.07. The lowest BCUT2D eigenvalue weighted by molar-refractivity contribution is 0.560. The summed E-state index contributed by atoms with van der Waals surface area (Å²) in [5.41, 5.74) is 6.04. The van der Waals surface area contributed by atoms with E-state index in [2.05, 4.69) is 67.3 Å². The number of tetrazole rings is 1. The Morgan fingerprint density at radius 3 is 2.92 bits per heavy atom. The lowest BCUT2D eigenvalue weighted by Gasteiger charge is -2.25. The molecule has 0 saturated carbocycles. The van der Waals surface area contributed by atoms with Gasteiger partial charge in [-0.3, -0.25) is 0 Å². The molecular weight excluding hydrogens is 300 g/mol. The molecule has 4 aromatic rings. The second kappa shape index (κ2) is 5.28. The van der Waals surface area contributed by atoms with E-state index in [1.165, 1.54) is 27.7 Å². The van der Waals surface area contributed by atoms with Crippen LogP contribution in [-0.4, -0.2) is 32.2 Å². The quantitative estimate of drug-likeness (QED) is 0.531. The number of benzene rings is 2. The Kier molecular flexibility index (Phi) is 2.96. The first-order chi connectivity index (χ1) is 11.9. The van der Waals surface area contributed by atoms with Crippen LogP contribution in [0.4, 0.5) is 0 Å². The normalized spacial score (nSPS) is 17.1. The van der Waals surface area contributed by atoms with Crippen LogP contribution in [0.3, 0.4) is 0 Å². The minimum absolute atomic E-state index is 0.146. The summed E-state index contributed by atoms with van der Waals surface area (Å²) in [6.45, 7) is 0.964. The molecule has 0 spiro atoms. The van der Waals surface area contributed by atoms with Crippen molar-refractivity contribution in [1.82, 2.24) is 30.9 Å². The maximum absolute atomic E-state index is 4.08. The topological polar surface area (TPSA) is 82.3 Å². The van der Waals surface area contributed by atoms with Gasteiger partial charge in [0.15, 0.2) is 0 Å². The first-order valence-electron chi connectivity index (χ1n) is 8.07. The fourth-order valence-electron chi connectivity index (χ4n) is 3.61. The van der Waals surface area contributed by atoms with E-state index in [0.29, 0.717) is 5.82 Å².